The molecule has 1 heterocycles. The van der Waals surface area contributed by atoms with E-state index in [1.54, 1.807) is 30.3 Å². The van der Waals surface area contributed by atoms with Gasteiger partial charge >= 0.3 is 11.8 Å². The highest BCUT2D eigenvalue weighted by atomic mass is 19.3. The first-order valence-corrected chi connectivity index (χ1v) is 5.15. The van der Waals surface area contributed by atoms with Crippen molar-refractivity contribution in [1.29, 1.82) is 0 Å². The Balaban J connectivity index is 2.44. The molecule has 1 aliphatic heterocycles. The molecule has 0 aromatic heterocycles. The van der Waals surface area contributed by atoms with Gasteiger partial charge in [-0.15, -0.1) is 6.58 Å². The normalized spacial score (nSPS) is 18.1. The Morgan fingerprint density at radius 2 is 1.94 bits per heavy atom. The fraction of sp³-hybridized carbons (Fsp3) is 0.154. The SMILES string of the molecule is C=CCN1C(=O)C(F)(F)C=C1c1ccccc1. The second-order valence-corrected chi connectivity index (χ2v) is 3.72. The Bertz CT molecular complexity index is 479. The van der Waals surface area contributed by atoms with Gasteiger partial charge in [0.05, 0.1) is 5.70 Å². The van der Waals surface area contributed by atoms with Crippen LogP contribution in [-0.2, 0) is 4.79 Å². The molecule has 4 heteroatoms. The van der Waals surface area contributed by atoms with Gasteiger partial charge in [0, 0.05) is 12.6 Å². The number of carbonyl (C=O) groups is 1. The largest absolute Gasteiger partial charge is 0.345 e. The molecule has 0 spiro atoms. The van der Waals surface area contributed by atoms with E-state index >= 15 is 0 Å². The molecule has 0 bridgehead atoms. The number of hydrogen-bond acceptors (Lipinski definition) is 1. The van der Waals surface area contributed by atoms with E-state index < -0.39 is 11.8 Å². The molecule has 0 unspecified atom stereocenters. The van der Waals surface area contributed by atoms with Gasteiger partial charge in [0.15, 0.2) is 0 Å². The summed E-state index contributed by atoms with van der Waals surface area (Å²) in [5.74, 6) is -4.62. The predicted molar refractivity (Wildman–Crippen MR) is 61.3 cm³/mol. The zero-order valence-electron chi connectivity index (χ0n) is 9.07. The van der Waals surface area contributed by atoms with Crippen molar-refractivity contribution in [2.75, 3.05) is 6.54 Å². The van der Waals surface area contributed by atoms with E-state index in [1.807, 2.05) is 0 Å². The van der Waals surface area contributed by atoms with Crippen LogP contribution in [0.4, 0.5) is 8.78 Å². The van der Waals surface area contributed by atoms with Crippen LogP contribution in [0.2, 0.25) is 0 Å². The number of benzene rings is 1. The molecule has 2 nitrogen and oxygen atoms in total. The monoisotopic (exact) mass is 235 g/mol. The molecule has 88 valence electrons. The number of carbonyl (C=O) groups excluding carboxylic acids is 1. The first kappa shape index (κ1) is 11.5. The minimum atomic E-state index is -3.42. The van der Waals surface area contributed by atoms with Gasteiger partial charge in [-0.25, -0.2) is 0 Å². The molecule has 0 fully saturated rings. The highest BCUT2D eigenvalue weighted by Crippen LogP contribution is 2.35. The fourth-order valence-electron chi connectivity index (χ4n) is 1.76. The summed E-state index contributed by atoms with van der Waals surface area (Å²) in [7, 11) is 0. The molecule has 0 atom stereocenters. The van der Waals surface area contributed by atoms with E-state index in [0.717, 1.165) is 4.90 Å². The summed E-state index contributed by atoms with van der Waals surface area (Å²) >= 11 is 0. The van der Waals surface area contributed by atoms with E-state index in [4.69, 9.17) is 0 Å². The minimum Gasteiger partial charge on any atom is -0.303 e. The quantitative estimate of drug-likeness (QED) is 0.737. The summed E-state index contributed by atoms with van der Waals surface area (Å²) in [5.41, 5.74) is 0.834. The molecular weight excluding hydrogens is 224 g/mol. The molecule has 1 aromatic carbocycles. The Labute approximate surface area is 97.9 Å². The summed E-state index contributed by atoms with van der Waals surface area (Å²) in [6, 6.07) is 8.65. The van der Waals surface area contributed by atoms with Crippen LogP contribution in [0.25, 0.3) is 5.70 Å². The predicted octanol–water partition coefficient (Wildman–Crippen LogP) is 2.69. The standard InChI is InChI=1S/C13H11F2NO/c1-2-8-16-11(9-13(14,15)12(16)17)10-6-4-3-5-7-10/h2-7,9H,1,8H2. The Morgan fingerprint density at radius 3 is 2.53 bits per heavy atom. The van der Waals surface area contributed by atoms with Crippen molar-refractivity contribution in [3.63, 3.8) is 0 Å². The van der Waals surface area contributed by atoms with Gasteiger partial charge in [-0.1, -0.05) is 36.4 Å². The number of hydrogen-bond donors (Lipinski definition) is 0. The third kappa shape index (κ3) is 1.98. The van der Waals surface area contributed by atoms with Gasteiger partial charge in [0.2, 0.25) is 0 Å². The third-order valence-electron chi connectivity index (χ3n) is 2.52. The zero-order valence-corrected chi connectivity index (χ0v) is 9.07. The van der Waals surface area contributed by atoms with Crippen molar-refractivity contribution in [3.8, 4) is 0 Å². The molecule has 1 amide bonds. The van der Waals surface area contributed by atoms with Gasteiger partial charge in [0.1, 0.15) is 0 Å². The van der Waals surface area contributed by atoms with Crippen LogP contribution < -0.4 is 0 Å². The van der Waals surface area contributed by atoms with Gasteiger partial charge in [0.25, 0.3) is 0 Å². The number of alkyl halides is 2. The molecule has 2 rings (SSSR count). The lowest BCUT2D eigenvalue weighted by Crippen LogP contribution is -2.34. The maximum Gasteiger partial charge on any atom is 0.345 e. The molecule has 1 aliphatic rings. The van der Waals surface area contributed by atoms with E-state index in [1.165, 1.54) is 6.08 Å². The summed E-state index contributed by atoms with van der Waals surface area (Å²) in [5, 5.41) is 0. The van der Waals surface area contributed by atoms with Gasteiger partial charge < -0.3 is 4.90 Å². The van der Waals surface area contributed by atoms with Crippen LogP contribution in [0.3, 0.4) is 0 Å². The lowest BCUT2D eigenvalue weighted by molar-refractivity contribution is -0.144. The second-order valence-electron chi connectivity index (χ2n) is 3.72. The van der Waals surface area contributed by atoms with E-state index in [0.29, 0.717) is 11.6 Å². The van der Waals surface area contributed by atoms with Crippen molar-refractivity contribution < 1.29 is 13.6 Å². The topological polar surface area (TPSA) is 20.3 Å². The first-order valence-electron chi connectivity index (χ1n) is 5.15. The average Bonchev–Trinajstić information content (AvgIpc) is 2.55. The van der Waals surface area contributed by atoms with Gasteiger partial charge in [-0.05, 0) is 5.56 Å². The Morgan fingerprint density at radius 1 is 1.29 bits per heavy atom. The smallest absolute Gasteiger partial charge is 0.303 e. The third-order valence-corrected chi connectivity index (χ3v) is 2.52. The first-order chi connectivity index (χ1) is 8.06. The summed E-state index contributed by atoms with van der Waals surface area (Å²) in [6.45, 7) is 3.55. The summed E-state index contributed by atoms with van der Waals surface area (Å²) in [6.07, 6.45) is 2.13. The lowest BCUT2D eigenvalue weighted by Gasteiger charge is -2.19. The average molecular weight is 235 g/mol. The van der Waals surface area contributed by atoms with Crippen LogP contribution in [0, 0.1) is 0 Å². The highest BCUT2D eigenvalue weighted by molar-refractivity contribution is 5.99. The molecular formula is C13H11F2NO. The number of nitrogens with zero attached hydrogens (tertiary/aromatic N) is 1. The van der Waals surface area contributed by atoms with Gasteiger partial charge in [-0.3, -0.25) is 4.79 Å². The van der Waals surface area contributed by atoms with Gasteiger partial charge in [-0.2, -0.15) is 8.78 Å². The Kier molecular flexibility index (Phi) is 2.79. The van der Waals surface area contributed by atoms with Crippen LogP contribution >= 0.6 is 0 Å². The zero-order chi connectivity index (χ0) is 12.5. The van der Waals surface area contributed by atoms with Crippen LogP contribution in [-0.4, -0.2) is 23.3 Å². The van der Waals surface area contributed by atoms with E-state index in [2.05, 4.69) is 6.58 Å². The summed E-state index contributed by atoms with van der Waals surface area (Å²) in [4.78, 5) is 12.5. The maximum absolute atomic E-state index is 13.3. The van der Waals surface area contributed by atoms with Crippen LogP contribution in [0.1, 0.15) is 5.56 Å². The summed E-state index contributed by atoms with van der Waals surface area (Å²) < 4.78 is 26.7. The lowest BCUT2D eigenvalue weighted by atomic mass is 10.1. The molecule has 0 radical (unpaired) electrons. The molecule has 17 heavy (non-hydrogen) atoms. The van der Waals surface area contributed by atoms with Crippen molar-refractivity contribution in [3.05, 3.63) is 54.6 Å². The minimum absolute atomic E-state index is 0.0785. The molecule has 0 N–H and O–H groups in total. The second kappa shape index (κ2) is 4.13. The fourth-order valence-corrected chi connectivity index (χ4v) is 1.76. The molecule has 0 saturated heterocycles. The number of halogens is 2. The van der Waals surface area contributed by atoms with Crippen molar-refractivity contribution in [2.45, 2.75) is 5.92 Å². The highest BCUT2D eigenvalue weighted by Gasteiger charge is 2.47. The van der Waals surface area contributed by atoms with E-state index in [-0.39, 0.29) is 12.2 Å². The number of amides is 1. The van der Waals surface area contributed by atoms with Crippen molar-refractivity contribution >= 4 is 11.6 Å². The van der Waals surface area contributed by atoms with Crippen molar-refractivity contribution in [1.82, 2.24) is 4.90 Å². The van der Waals surface area contributed by atoms with Crippen LogP contribution in [0.5, 0.6) is 0 Å². The molecule has 0 aliphatic carbocycles. The van der Waals surface area contributed by atoms with Crippen molar-refractivity contribution in [2.24, 2.45) is 0 Å². The molecule has 0 saturated carbocycles. The van der Waals surface area contributed by atoms with Crippen LogP contribution in [0.15, 0.2) is 49.1 Å². The maximum atomic E-state index is 13.3. The van der Waals surface area contributed by atoms with E-state index in [9.17, 15) is 13.6 Å². The number of rotatable bonds is 3. The molecule has 1 aromatic rings. The Hall–Kier alpha value is -1.97.